The van der Waals surface area contributed by atoms with Gasteiger partial charge in [-0.2, -0.15) is 13.2 Å². The molecule has 1 N–H and O–H groups in total. The summed E-state index contributed by atoms with van der Waals surface area (Å²) in [5.74, 6) is -0.0956. The molecule has 2 amide bonds. The largest absolute Gasteiger partial charge is 0.495 e. The molecule has 0 saturated carbocycles. The summed E-state index contributed by atoms with van der Waals surface area (Å²) < 4.78 is 48.5. The summed E-state index contributed by atoms with van der Waals surface area (Å²) in [4.78, 5) is 26.8. The van der Waals surface area contributed by atoms with Gasteiger partial charge in [-0.3, -0.25) is 9.59 Å². The number of hydrogen-bond donors (Lipinski definition) is 1. The van der Waals surface area contributed by atoms with Gasteiger partial charge < -0.3 is 19.7 Å². The van der Waals surface area contributed by atoms with Crippen LogP contribution in [0.4, 0.5) is 18.9 Å². The van der Waals surface area contributed by atoms with Crippen LogP contribution in [0, 0.1) is 0 Å². The van der Waals surface area contributed by atoms with Crippen LogP contribution in [0.25, 0.3) is 0 Å². The second-order valence-corrected chi connectivity index (χ2v) is 7.06. The number of benzene rings is 2. The number of morpholine rings is 1. The van der Waals surface area contributed by atoms with Crippen LogP contribution in [0.3, 0.4) is 0 Å². The highest BCUT2D eigenvalue weighted by Crippen LogP contribution is 2.29. The van der Waals surface area contributed by atoms with Gasteiger partial charge in [0.1, 0.15) is 5.75 Å². The Labute approximate surface area is 177 Å². The molecular weight excluding hydrogens is 413 g/mol. The maximum Gasteiger partial charge on any atom is 0.416 e. The first-order chi connectivity index (χ1) is 14.8. The zero-order chi connectivity index (χ0) is 22.4. The Kier molecular flexibility index (Phi) is 7.17. The fraction of sp³-hybridized carbons (Fsp3) is 0.364. The predicted molar refractivity (Wildman–Crippen MR) is 108 cm³/mol. The molecule has 31 heavy (non-hydrogen) atoms. The number of amides is 2. The van der Waals surface area contributed by atoms with Crippen LogP contribution in [0.2, 0.25) is 0 Å². The van der Waals surface area contributed by atoms with E-state index in [-0.39, 0.29) is 24.7 Å². The quantitative estimate of drug-likeness (QED) is 0.749. The van der Waals surface area contributed by atoms with E-state index in [4.69, 9.17) is 9.47 Å². The minimum atomic E-state index is -4.39. The second kappa shape index (κ2) is 9.82. The molecule has 0 radical (unpaired) electrons. The number of aryl methyl sites for hydroxylation is 1. The first-order valence-corrected chi connectivity index (χ1v) is 9.79. The zero-order valence-corrected chi connectivity index (χ0v) is 17.0. The monoisotopic (exact) mass is 436 g/mol. The number of nitrogens with one attached hydrogen (secondary N) is 1. The molecule has 0 aromatic heterocycles. The van der Waals surface area contributed by atoms with Crippen LogP contribution in [-0.4, -0.2) is 50.1 Å². The van der Waals surface area contributed by atoms with Crippen molar-refractivity contribution in [3.63, 3.8) is 0 Å². The summed E-state index contributed by atoms with van der Waals surface area (Å²) in [5, 5.41) is 2.73. The van der Waals surface area contributed by atoms with Crippen molar-refractivity contribution in [2.75, 3.05) is 38.7 Å². The first-order valence-electron chi connectivity index (χ1n) is 9.79. The molecule has 0 aliphatic carbocycles. The van der Waals surface area contributed by atoms with E-state index < -0.39 is 11.7 Å². The Bertz CT molecular complexity index is 923. The molecule has 2 aromatic carbocycles. The highest BCUT2D eigenvalue weighted by Gasteiger charge is 2.29. The fourth-order valence-corrected chi connectivity index (χ4v) is 3.22. The van der Waals surface area contributed by atoms with Crippen LogP contribution in [0.1, 0.15) is 27.9 Å². The summed E-state index contributed by atoms with van der Waals surface area (Å²) in [6.45, 7) is 1.96. The number of methoxy groups -OCH3 is 1. The molecule has 9 heteroatoms. The average molecular weight is 436 g/mol. The Morgan fingerprint density at radius 2 is 1.77 bits per heavy atom. The van der Waals surface area contributed by atoms with Gasteiger partial charge >= 0.3 is 6.18 Å². The maximum absolute atomic E-state index is 12.7. The van der Waals surface area contributed by atoms with E-state index in [1.54, 1.807) is 23.1 Å². The number of ether oxygens (including phenoxy) is 2. The predicted octanol–water partition coefficient (Wildman–Crippen LogP) is 3.76. The van der Waals surface area contributed by atoms with E-state index in [0.29, 0.717) is 48.9 Å². The van der Waals surface area contributed by atoms with E-state index in [0.717, 1.165) is 12.1 Å². The van der Waals surface area contributed by atoms with E-state index in [1.165, 1.54) is 19.2 Å². The first kappa shape index (κ1) is 22.6. The minimum absolute atomic E-state index is 0.0656. The van der Waals surface area contributed by atoms with Crippen LogP contribution in [0.5, 0.6) is 5.75 Å². The van der Waals surface area contributed by atoms with Gasteiger partial charge in [0.25, 0.3) is 5.91 Å². The van der Waals surface area contributed by atoms with E-state index in [1.807, 2.05) is 0 Å². The van der Waals surface area contributed by atoms with Gasteiger partial charge in [0, 0.05) is 25.1 Å². The smallest absolute Gasteiger partial charge is 0.416 e. The van der Waals surface area contributed by atoms with Crippen LogP contribution >= 0.6 is 0 Å². The highest BCUT2D eigenvalue weighted by molar-refractivity contribution is 5.98. The molecule has 1 saturated heterocycles. The number of hydrogen-bond acceptors (Lipinski definition) is 4. The molecule has 2 aromatic rings. The van der Waals surface area contributed by atoms with Gasteiger partial charge in [0.15, 0.2) is 0 Å². The molecule has 1 aliphatic rings. The molecule has 166 valence electrons. The van der Waals surface area contributed by atoms with Crippen molar-refractivity contribution in [3.05, 3.63) is 59.2 Å². The lowest BCUT2D eigenvalue weighted by atomic mass is 10.1. The van der Waals surface area contributed by atoms with E-state index in [2.05, 4.69) is 5.32 Å². The summed E-state index contributed by atoms with van der Waals surface area (Å²) >= 11 is 0. The topological polar surface area (TPSA) is 67.9 Å². The summed E-state index contributed by atoms with van der Waals surface area (Å²) in [5.41, 5.74) is 0.665. The molecule has 0 spiro atoms. The Balaban J connectivity index is 1.63. The SMILES string of the molecule is COc1ccc(C(=O)N2CCOCC2)cc1NC(=O)CCc1ccc(C(F)(F)F)cc1. The van der Waals surface area contributed by atoms with Gasteiger partial charge in [-0.1, -0.05) is 12.1 Å². The second-order valence-electron chi connectivity index (χ2n) is 7.06. The van der Waals surface area contributed by atoms with Crippen molar-refractivity contribution in [2.45, 2.75) is 19.0 Å². The minimum Gasteiger partial charge on any atom is -0.495 e. The summed E-state index contributed by atoms with van der Waals surface area (Å²) in [6, 6.07) is 9.52. The molecule has 3 rings (SSSR count). The van der Waals surface area contributed by atoms with Crippen molar-refractivity contribution < 1.29 is 32.2 Å². The third-order valence-electron chi connectivity index (χ3n) is 4.94. The molecule has 1 heterocycles. The lowest BCUT2D eigenvalue weighted by Crippen LogP contribution is -2.40. The van der Waals surface area contributed by atoms with Crippen molar-refractivity contribution in [3.8, 4) is 5.75 Å². The number of rotatable bonds is 6. The Hall–Kier alpha value is -3.07. The van der Waals surface area contributed by atoms with Crippen molar-refractivity contribution in [2.24, 2.45) is 0 Å². The zero-order valence-electron chi connectivity index (χ0n) is 17.0. The summed E-state index contributed by atoms with van der Waals surface area (Å²) in [7, 11) is 1.46. The van der Waals surface area contributed by atoms with Gasteiger partial charge in [-0.05, 0) is 42.3 Å². The Morgan fingerprint density at radius 3 is 2.39 bits per heavy atom. The van der Waals surface area contributed by atoms with Crippen molar-refractivity contribution >= 4 is 17.5 Å². The van der Waals surface area contributed by atoms with Crippen LogP contribution in [-0.2, 0) is 22.1 Å². The number of halogens is 3. The molecule has 0 bridgehead atoms. The average Bonchev–Trinajstić information content (AvgIpc) is 2.77. The molecule has 1 aliphatic heterocycles. The number of alkyl halides is 3. The molecule has 0 atom stereocenters. The lowest BCUT2D eigenvalue weighted by molar-refractivity contribution is -0.137. The van der Waals surface area contributed by atoms with Crippen molar-refractivity contribution in [1.82, 2.24) is 4.90 Å². The van der Waals surface area contributed by atoms with Gasteiger partial charge in [-0.25, -0.2) is 0 Å². The maximum atomic E-state index is 12.7. The number of nitrogens with zero attached hydrogens (tertiary/aromatic N) is 1. The van der Waals surface area contributed by atoms with Gasteiger partial charge in [0.05, 0.1) is 31.6 Å². The normalized spacial score (nSPS) is 14.3. The standard InChI is InChI=1S/C22H23F3N2O4/c1-30-19-8-5-16(21(29)27-10-12-31-13-11-27)14-18(19)26-20(28)9-4-15-2-6-17(7-3-15)22(23,24)25/h2-3,5-8,14H,4,9-13H2,1H3,(H,26,28). The van der Waals surface area contributed by atoms with Crippen LogP contribution in [0.15, 0.2) is 42.5 Å². The molecule has 1 fully saturated rings. The number of carbonyl (C=O) groups is 2. The Morgan fingerprint density at radius 1 is 1.10 bits per heavy atom. The van der Waals surface area contributed by atoms with Gasteiger partial charge in [0.2, 0.25) is 5.91 Å². The van der Waals surface area contributed by atoms with Crippen molar-refractivity contribution in [1.29, 1.82) is 0 Å². The fourth-order valence-electron chi connectivity index (χ4n) is 3.22. The molecular formula is C22H23F3N2O4. The molecule has 6 nitrogen and oxygen atoms in total. The molecule has 0 unspecified atom stereocenters. The van der Waals surface area contributed by atoms with Crippen LogP contribution < -0.4 is 10.1 Å². The van der Waals surface area contributed by atoms with Gasteiger partial charge in [-0.15, -0.1) is 0 Å². The van der Waals surface area contributed by atoms with E-state index in [9.17, 15) is 22.8 Å². The number of anilines is 1. The third kappa shape index (κ3) is 5.97. The number of carbonyl (C=O) groups excluding carboxylic acids is 2. The lowest BCUT2D eigenvalue weighted by Gasteiger charge is -2.27. The third-order valence-corrected chi connectivity index (χ3v) is 4.94. The highest BCUT2D eigenvalue weighted by atomic mass is 19.4. The summed E-state index contributed by atoms with van der Waals surface area (Å²) in [6.07, 6.45) is -4.05. The van der Waals surface area contributed by atoms with E-state index >= 15 is 0 Å².